The third kappa shape index (κ3) is 3.56. The smallest absolute Gasteiger partial charge is 0.247 e. The molecule has 2 amide bonds. The minimum absolute atomic E-state index is 0.0147. The summed E-state index contributed by atoms with van der Waals surface area (Å²) in [6, 6.07) is 4.90. The van der Waals surface area contributed by atoms with Crippen LogP contribution in [-0.2, 0) is 9.59 Å². The van der Waals surface area contributed by atoms with Crippen LogP contribution in [0.15, 0.2) is 35.2 Å². The Labute approximate surface area is 152 Å². The molecule has 2 heterocycles. The number of aromatic nitrogens is 1. The molecule has 0 bridgehead atoms. The van der Waals surface area contributed by atoms with Crippen molar-refractivity contribution in [1.82, 2.24) is 9.88 Å². The van der Waals surface area contributed by atoms with Crippen LogP contribution in [-0.4, -0.2) is 41.4 Å². The van der Waals surface area contributed by atoms with Crippen molar-refractivity contribution >= 4 is 17.5 Å². The number of amides is 2. The van der Waals surface area contributed by atoms with Crippen molar-refractivity contribution in [1.29, 1.82) is 0 Å². The van der Waals surface area contributed by atoms with Crippen LogP contribution in [0.1, 0.15) is 26.7 Å². The van der Waals surface area contributed by atoms with E-state index in [1.54, 1.807) is 36.4 Å². The number of carbonyl (C=O) groups is 2. The van der Waals surface area contributed by atoms with Gasteiger partial charge in [0.15, 0.2) is 12.2 Å². The highest BCUT2D eigenvalue weighted by Crippen LogP contribution is 2.32. The number of hydrogen-bond donors (Lipinski definition) is 1. The number of nitrogens with one attached hydrogen (secondary N) is 1. The van der Waals surface area contributed by atoms with Crippen LogP contribution in [0.2, 0.25) is 0 Å². The molecule has 0 saturated carbocycles. The van der Waals surface area contributed by atoms with Crippen molar-refractivity contribution in [3.8, 4) is 17.1 Å². The van der Waals surface area contributed by atoms with E-state index >= 15 is 0 Å². The number of rotatable bonds is 5. The molecule has 1 aromatic heterocycles. The van der Waals surface area contributed by atoms with Gasteiger partial charge in [0.1, 0.15) is 11.8 Å². The molecule has 7 heteroatoms. The first-order valence-electron chi connectivity index (χ1n) is 8.69. The Morgan fingerprint density at radius 2 is 2.19 bits per heavy atom. The second kappa shape index (κ2) is 7.59. The number of likely N-dealkylation sites (tertiary alicyclic amines) is 1. The second-order valence-corrected chi connectivity index (χ2v) is 6.61. The molecule has 7 nitrogen and oxygen atoms in total. The van der Waals surface area contributed by atoms with Crippen LogP contribution in [0.3, 0.4) is 0 Å². The van der Waals surface area contributed by atoms with Gasteiger partial charge in [0.05, 0.1) is 18.9 Å². The van der Waals surface area contributed by atoms with Crippen molar-refractivity contribution in [3.63, 3.8) is 0 Å². The topological polar surface area (TPSA) is 84.7 Å². The summed E-state index contributed by atoms with van der Waals surface area (Å²) in [6.07, 6.45) is 4.47. The monoisotopic (exact) mass is 357 g/mol. The summed E-state index contributed by atoms with van der Waals surface area (Å²) in [5.74, 6) is 0.877. The minimum atomic E-state index is -0.426. The molecule has 1 aliphatic rings. The lowest BCUT2D eigenvalue weighted by Gasteiger charge is -2.25. The highest BCUT2D eigenvalue weighted by atomic mass is 16.5. The lowest BCUT2D eigenvalue weighted by Crippen LogP contribution is -2.44. The van der Waals surface area contributed by atoms with E-state index in [-0.39, 0.29) is 17.7 Å². The first-order valence-corrected chi connectivity index (χ1v) is 8.69. The fourth-order valence-corrected chi connectivity index (χ4v) is 3.18. The number of oxazole rings is 1. The number of hydrogen-bond acceptors (Lipinski definition) is 5. The molecular formula is C19H23N3O4. The molecule has 3 rings (SSSR count). The molecule has 1 saturated heterocycles. The summed E-state index contributed by atoms with van der Waals surface area (Å²) >= 11 is 0. The molecule has 1 N–H and O–H groups in total. The Bertz CT molecular complexity index is 786. The van der Waals surface area contributed by atoms with Gasteiger partial charge >= 0.3 is 0 Å². The molecule has 0 radical (unpaired) electrons. The molecular weight excluding hydrogens is 334 g/mol. The van der Waals surface area contributed by atoms with Gasteiger partial charge in [-0.3, -0.25) is 9.59 Å². The maximum Gasteiger partial charge on any atom is 0.247 e. The zero-order valence-electron chi connectivity index (χ0n) is 15.2. The summed E-state index contributed by atoms with van der Waals surface area (Å²) in [5, 5.41) is 2.90. The summed E-state index contributed by atoms with van der Waals surface area (Å²) in [4.78, 5) is 30.6. The van der Waals surface area contributed by atoms with E-state index in [4.69, 9.17) is 9.15 Å². The number of anilines is 1. The van der Waals surface area contributed by atoms with E-state index in [1.165, 1.54) is 6.39 Å². The van der Waals surface area contributed by atoms with Crippen LogP contribution >= 0.6 is 0 Å². The molecule has 1 atom stereocenters. The van der Waals surface area contributed by atoms with E-state index in [0.29, 0.717) is 30.2 Å². The predicted octanol–water partition coefficient (Wildman–Crippen LogP) is 2.94. The molecule has 1 fully saturated rings. The molecule has 138 valence electrons. The van der Waals surface area contributed by atoms with E-state index in [9.17, 15) is 9.59 Å². The van der Waals surface area contributed by atoms with Crippen LogP contribution in [0.5, 0.6) is 5.75 Å². The standard InChI is InChI=1S/C19H23N3O4/c1-12(2)19(24)22-8-4-5-15(22)18(23)21-13-6-7-14(16(9-13)25-3)17-10-20-11-26-17/h6-7,9-12,15H,4-5,8H2,1-3H3,(H,21,23). The highest BCUT2D eigenvalue weighted by molar-refractivity contribution is 5.98. The van der Waals surface area contributed by atoms with Crippen LogP contribution in [0.25, 0.3) is 11.3 Å². The molecule has 2 aromatic rings. The average Bonchev–Trinajstić information content (AvgIpc) is 3.32. The van der Waals surface area contributed by atoms with Gasteiger partial charge in [0.2, 0.25) is 11.8 Å². The molecule has 1 aliphatic heterocycles. The van der Waals surface area contributed by atoms with Crippen LogP contribution < -0.4 is 10.1 Å². The third-order valence-electron chi connectivity index (χ3n) is 4.50. The largest absolute Gasteiger partial charge is 0.496 e. The molecule has 0 aliphatic carbocycles. The number of carbonyl (C=O) groups excluding carboxylic acids is 2. The SMILES string of the molecule is COc1cc(NC(=O)C2CCCN2C(=O)C(C)C)ccc1-c1cnco1. The van der Waals surface area contributed by atoms with Crippen molar-refractivity contribution in [2.24, 2.45) is 5.92 Å². The van der Waals surface area contributed by atoms with Crippen molar-refractivity contribution in [2.45, 2.75) is 32.7 Å². The van der Waals surface area contributed by atoms with Gasteiger partial charge in [-0.15, -0.1) is 0 Å². The molecule has 0 spiro atoms. The van der Waals surface area contributed by atoms with Crippen molar-refractivity contribution < 1.29 is 18.7 Å². The van der Waals surface area contributed by atoms with Gasteiger partial charge in [0.25, 0.3) is 0 Å². The fourth-order valence-electron chi connectivity index (χ4n) is 3.18. The van der Waals surface area contributed by atoms with Gasteiger partial charge in [-0.1, -0.05) is 13.8 Å². The van der Waals surface area contributed by atoms with Gasteiger partial charge in [0, 0.05) is 24.2 Å². The maximum atomic E-state index is 12.7. The fraction of sp³-hybridized carbons (Fsp3) is 0.421. The van der Waals surface area contributed by atoms with E-state index in [0.717, 1.165) is 12.0 Å². The number of methoxy groups -OCH3 is 1. The van der Waals surface area contributed by atoms with Crippen LogP contribution in [0, 0.1) is 5.92 Å². The van der Waals surface area contributed by atoms with E-state index in [1.807, 2.05) is 13.8 Å². The Morgan fingerprint density at radius 1 is 1.38 bits per heavy atom. The van der Waals surface area contributed by atoms with Crippen molar-refractivity contribution in [2.75, 3.05) is 19.0 Å². The van der Waals surface area contributed by atoms with Gasteiger partial charge in [-0.2, -0.15) is 0 Å². The molecule has 26 heavy (non-hydrogen) atoms. The summed E-state index contributed by atoms with van der Waals surface area (Å²) in [7, 11) is 1.56. The normalized spacial score (nSPS) is 16.8. The highest BCUT2D eigenvalue weighted by Gasteiger charge is 2.34. The Hall–Kier alpha value is -2.83. The maximum absolute atomic E-state index is 12.7. The Kier molecular flexibility index (Phi) is 5.25. The van der Waals surface area contributed by atoms with E-state index in [2.05, 4.69) is 10.3 Å². The second-order valence-electron chi connectivity index (χ2n) is 6.61. The molecule has 1 aromatic carbocycles. The number of ether oxygens (including phenoxy) is 1. The third-order valence-corrected chi connectivity index (χ3v) is 4.50. The zero-order valence-corrected chi connectivity index (χ0v) is 15.2. The minimum Gasteiger partial charge on any atom is -0.496 e. The summed E-state index contributed by atoms with van der Waals surface area (Å²) < 4.78 is 10.7. The first-order chi connectivity index (χ1) is 12.5. The van der Waals surface area contributed by atoms with Crippen molar-refractivity contribution in [3.05, 3.63) is 30.8 Å². The lowest BCUT2D eigenvalue weighted by molar-refractivity contribution is -0.139. The van der Waals surface area contributed by atoms with Gasteiger partial charge in [-0.25, -0.2) is 4.98 Å². The zero-order chi connectivity index (χ0) is 18.7. The quantitative estimate of drug-likeness (QED) is 0.889. The average molecular weight is 357 g/mol. The van der Waals surface area contributed by atoms with E-state index < -0.39 is 6.04 Å². The number of benzene rings is 1. The predicted molar refractivity (Wildman–Crippen MR) is 96.7 cm³/mol. The Morgan fingerprint density at radius 3 is 2.85 bits per heavy atom. The Balaban J connectivity index is 1.76. The lowest BCUT2D eigenvalue weighted by atomic mass is 10.1. The summed E-state index contributed by atoms with van der Waals surface area (Å²) in [5.41, 5.74) is 1.36. The van der Waals surface area contributed by atoms with Gasteiger partial charge in [-0.05, 0) is 25.0 Å². The van der Waals surface area contributed by atoms with Crippen LogP contribution in [0.4, 0.5) is 5.69 Å². The van der Waals surface area contributed by atoms with Gasteiger partial charge < -0.3 is 19.4 Å². The summed E-state index contributed by atoms with van der Waals surface area (Å²) in [6.45, 7) is 4.33. The number of nitrogens with zero attached hydrogens (tertiary/aromatic N) is 2. The first kappa shape index (κ1) is 18.0. The molecule has 1 unspecified atom stereocenters.